The van der Waals surface area contributed by atoms with Gasteiger partial charge in [-0.05, 0) is 0 Å². The monoisotopic (exact) mass is 223 g/mol. The molecule has 0 aliphatic carbocycles. The molecule has 7 heteroatoms. The van der Waals surface area contributed by atoms with Crippen LogP contribution in [0.1, 0.15) is 0 Å². The molecule has 0 amide bonds. The molecule has 16 heavy (non-hydrogen) atoms. The maximum Gasteiger partial charge on any atom is 0.321 e. The van der Waals surface area contributed by atoms with Gasteiger partial charge in [0.25, 0.3) is 0 Å². The van der Waals surface area contributed by atoms with Gasteiger partial charge < -0.3 is 20.1 Å². The zero-order chi connectivity index (χ0) is 11.4. The molecule has 0 spiro atoms. The fourth-order valence-corrected chi connectivity index (χ4v) is 1.27. The van der Waals surface area contributed by atoms with Crippen molar-refractivity contribution in [2.45, 2.75) is 0 Å². The van der Waals surface area contributed by atoms with Gasteiger partial charge in [0, 0.05) is 12.6 Å². The van der Waals surface area contributed by atoms with Crippen LogP contribution in [0, 0.1) is 0 Å². The van der Waals surface area contributed by atoms with Crippen LogP contribution in [0.5, 0.6) is 11.9 Å². The molecular formula is C9H13N5O2. The Morgan fingerprint density at radius 3 is 2.81 bits per heavy atom. The maximum absolute atomic E-state index is 5.03. The van der Waals surface area contributed by atoms with Crippen molar-refractivity contribution in [1.29, 1.82) is 0 Å². The Kier molecular flexibility index (Phi) is 3.04. The molecule has 0 radical (unpaired) electrons. The standard InChI is InChI=1S/C9H13N5O2/c1-15-7-5-6(13-9(14-7)16-2)12-8-10-3-4-11-8/h5H,3-4H2,1-2H3,(H2,10,11,12,13,14). The fourth-order valence-electron chi connectivity index (χ4n) is 1.27. The van der Waals surface area contributed by atoms with Crippen LogP contribution in [-0.4, -0.2) is 43.2 Å². The average molecular weight is 223 g/mol. The summed E-state index contributed by atoms with van der Waals surface area (Å²) in [5.41, 5.74) is 0. The van der Waals surface area contributed by atoms with E-state index in [2.05, 4.69) is 25.6 Å². The highest BCUT2D eigenvalue weighted by Gasteiger charge is 2.09. The van der Waals surface area contributed by atoms with E-state index >= 15 is 0 Å². The van der Waals surface area contributed by atoms with Gasteiger partial charge in [-0.15, -0.1) is 0 Å². The SMILES string of the molecule is COc1cc(NC2=NCCN2)nc(OC)n1. The van der Waals surface area contributed by atoms with Crippen molar-refractivity contribution in [3.8, 4) is 11.9 Å². The maximum atomic E-state index is 5.03. The third kappa shape index (κ3) is 2.30. The van der Waals surface area contributed by atoms with Crippen molar-refractivity contribution in [3.05, 3.63) is 6.07 Å². The molecule has 1 aromatic rings. The largest absolute Gasteiger partial charge is 0.481 e. The number of hydrogen-bond acceptors (Lipinski definition) is 7. The molecule has 1 aliphatic heterocycles. The smallest absolute Gasteiger partial charge is 0.321 e. The van der Waals surface area contributed by atoms with E-state index in [1.165, 1.54) is 14.2 Å². The lowest BCUT2D eigenvalue weighted by Crippen LogP contribution is -2.26. The van der Waals surface area contributed by atoms with Crippen molar-refractivity contribution >= 4 is 11.8 Å². The molecule has 0 saturated heterocycles. The summed E-state index contributed by atoms with van der Waals surface area (Å²) < 4.78 is 9.99. The van der Waals surface area contributed by atoms with Crippen LogP contribution >= 0.6 is 0 Å². The lowest BCUT2D eigenvalue weighted by Gasteiger charge is -2.08. The Morgan fingerprint density at radius 2 is 2.19 bits per heavy atom. The van der Waals surface area contributed by atoms with Gasteiger partial charge in [-0.3, -0.25) is 4.99 Å². The summed E-state index contributed by atoms with van der Waals surface area (Å²) >= 11 is 0. The van der Waals surface area contributed by atoms with Crippen LogP contribution in [0.15, 0.2) is 11.1 Å². The van der Waals surface area contributed by atoms with Crippen LogP contribution < -0.4 is 20.1 Å². The van der Waals surface area contributed by atoms with Crippen molar-refractivity contribution in [3.63, 3.8) is 0 Å². The lowest BCUT2D eigenvalue weighted by molar-refractivity contribution is 0.353. The van der Waals surface area contributed by atoms with Crippen LogP contribution in [0.25, 0.3) is 0 Å². The third-order valence-electron chi connectivity index (χ3n) is 1.99. The Balaban J connectivity index is 2.18. The average Bonchev–Trinajstić information content (AvgIpc) is 2.81. The minimum Gasteiger partial charge on any atom is -0.481 e. The number of ether oxygens (including phenoxy) is 2. The molecule has 0 bridgehead atoms. The predicted molar refractivity (Wildman–Crippen MR) is 59.1 cm³/mol. The van der Waals surface area contributed by atoms with E-state index in [0.717, 1.165) is 13.1 Å². The van der Waals surface area contributed by atoms with Crippen LogP contribution in [-0.2, 0) is 0 Å². The zero-order valence-corrected chi connectivity index (χ0v) is 9.15. The number of aliphatic imine (C=N–C) groups is 1. The van der Waals surface area contributed by atoms with E-state index in [1.807, 2.05) is 0 Å². The number of methoxy groups -OCH3 is 2. The highest BCUT2D eigenvalue weighted by molar-refractivity contribution is 5.93. The number of guanidine groups is 1. The van der Waals surface area contributed by atoms with Gasteiger partial charge >= 0.3 is 6.01 Å². The Labute approximate surface area is 92.9 Å². The van der Waals surface area contributed by atoms with E-state index in [0.29, 0.717) is 17.7 Å². The molecule has 7 nitrogen and oxygen atoms in total. The molecule has 2 rings (SSSR count). The summed E-state index contributed by atoms with van der Waals surface area (Å²) in [6.07, 6.45) is 0. The molecular weight excluding hydrogens is 210 g/mol. The minimum absolute atomic E-state index is 0.250. The highest BCUT2D eigenvalue weighted by Crippen LogP contribution is 2.16. The van der Waals surface area contributed by atoms with E-state index in [1.54, 1.807) is 6.07 Å². The molecule has 2 N–H and O–H groups in total. The number of aromatic nitrogens is 2. The second-order valence-corrected chi connectivity index (χ2v) is 3.06. The van der Waals surface area contributed by atoms with Gasteiger partial charge in [-0.1, -0.05) is 0 Å². The van der Waals surface area contributed by atoms with Crippen LogP contribution in [0.4, 0.5) is 5.82 Å². The van der Waals surface area contributed by atoms with E-state index in [4.69, 9.17) is 9.47 Å². The van der Waals surface area contributed by atoms with Crippen LogP contribution in [0.2, 0.25) is 0 Å². The second-order valence-electron chi connectivity index (χ2n) is 3.06. The Bertz CT molecular complexity index is 385. The molecule has 0 saturated carbocycles. The second kappa shape index (κ2) is 4.65. The topological polar surface area (TPSA) is 80.7 Å². The van der Waals surface area contributed by atoms with Crippen LogP contribution in [0.3, 0.4) is 0 Å². The number of nitrogens with zero attached hydrogens (tertiary/aromatic N) is 3. The zero-order valence-electron chi connectivity index (χ0n) is 9.15. The third-order valence-corrected chi connectivity index (χ3v) is 1.99. The lowest BCUT2D eigenvalue weighted by atomic mass is 10.5. The molecule has 0 aromatic carbocycles. The predicted octanol–water partition coefficient (Wildman–Crippen LogP) is -0.135. The minimum atomic E-state index is 0.250. The molecule has 0 fully saturated rings. The quantitative estimate of drug-likeness (QED) is 0.742. The van der Waals surface area contributed by atoms with Gasteiger partial charge in [-0.2, -0.15) is 9.97 Å². The first-order valence-corrected chi connectivity index (χ1v) is 4.84. The van der Waals surface area contributed by atoms with E-state index in [9.17, 15) is 0 Å². The summed E-state index contributed by atoms with van der Waals surface area (Å²) in [5.74, 6) is 1.72. The van der Waals surface area contributed by atoms with Gasteiger partial charge in [-0.25, -0.2) is 0 Å². The molecule has 1 aliphatic rings. The summed E-state index contributed by atoms with van der Waals surface area (Å²) in [6.45, 7) is 1.60. The van der Waals surface area contributed by atoms with E-state index < -0.39 is 0 Å². The molecule has 2 heterocycles. The first-order chi connectivity index (χ1) is 7.81. The number of hydrogen-bond donors (Lipinski definition) is 2. The first kappa shape index (κ1) is 10.5. The first-order valence-electron chi connectivity index (χ1n) is 4.84. The summed E-state index contributed by atoms with van der Waals surface area (Å²) in [5, 5.41) is 6.09. The number of nitrogens with one attached hydrogen (secondary N) is 2. The van der Waals surface area contributed by atoms with Gasteiger partial charge in [0.1, 0.15) is 5.82 Å². The van der Waals surface area contributed by atoms with Crippen molar-refractivity contribution < 1.29 is 9.47 Å². The van der Waals surface area contributed by atoms with Gasteiger partial charge in [0.15, 0.2) is 5.96 Å². The van der Waals surface area contributed by atoms with E-state index in [-0.39, 0.29) is 6.01 Å². The molecule has 1 aromatic heterocycles. The van der Waals surface area contributed by atoms with Crippen molar-refractivity contribution in [1.82, 2.24) is 15.3 Å². The highest BCUT2D eigenvalue weighted by atomic mass is 16.5. The Hall–Kier alpha value is -2.05. The summed E-state index contributed by atoms with van der Waals surface area (Å²) in [4.78, 5) is 12.3. The van der Waals surface area contributed by atoms with Gasteiger partial charge in [0.2, 0.25) is 5.88 Å². The Morgan fingerprint density at radius 1 is 1.31 bits per heavy atom. The van der Waals surface area contributed by atoms with Crippen molar-refractivity contribution in [2.24, 2.45) is 4.99 Å². The van der Waals surface area contributed by atoms with Crippen molar-refractivity contribution in [2.75, 3.05) is 32.6 Å². The molecule has 86 valence electrons. The molecule has 0 unspecified atom stereocenters. The fraction of sp³-hybridized carbons (Fsp3) is 0.444. The normalized spacial score (nSPS) is 14.0. The molecule has 0 atom stereocenters. The number of anilines is 1. The summed E-state index contributed by atoms with van der Waals surface area (Å²) in [6, 6.07) is 1.92. The van der Waals surface area contributed by atoms with Gasteiger partial charge in [0.05, 0.1) is 20.8 Å². The number of rotatable bonds is 3. The summed E-state index contributed by atoms with van der Waals surface area (Å²) in [7, 11) is 3.04.